The van der Waals surface area contributed by atoms with E-state index in [2.05, 4.69) is 79.5 Å². The number of Topliss-reactive ketones (excluding diaryl/α,β-unsaturated/α-hetero) is 2. The van der Waals surface area contributed by atoms with Crippen LogP contribution in [0.15, 0.2) is 238 Å². The number of methoxy groups -OCH3 is 4. The Hall–Kier alpha value is -10.1. The molecular weight excluding hydrogens is 2090 g/mol. The SMILES string of the molecule is COC(=O)c1cc(-c2cccc([N+](=O)[O-])c2OC)cn1S(=O)(=O)c1ccc(C)cc1.COC(=O)c1cc(I)c[nH]1.COC(=O)c1cc(I)cn1S(=O)(=O)c1ccc(C)cc1.Cc1[nH]n(-c2ccc3c(c2)CCCC3)c(=O)c1N=Nc1cccc(C2=CCC(C(=O)O)=C2)c1O.O=C(c1cc(I)c[nH]1)C(Cl)(Cl)Cl.O=C(c1ccc[nH]1)C(Cl)(Cl)Cl.c1cc[nH]c1. The maximum atomic E-state index is 13.2. The standard InChI is InChI=1S/C26H24N4O4.C20H18N2O7S.C13H12INO4S.C6H3Cl3INO.C6H4Cl3NO.C6H6INO2.C4H5N/c1-15-23(25(32)30(29-15)20-12-11-16-5-2-3-6-17(16)14-20)28-27-22-8-4-7-21(24(22)31)18-9-10-19(13-18)26(33)34;1-13-7-9-15(10-8-13)30(26,27)21-12-14(11-18(21)20(23)29-3)16-5-4-6-17(22(24)25)19(16)28-2;1-9-3-5-11(6-4-9)20(17,18)15-8-10(14)7-12(15)13(16)19-2;7-6(8,9)5(12)4-1-3(10)2-11-4;7-6(8,9)5(11)4-2-1-3-10-4;1-10-6(9)5-2-4(7)3-8-5;1-2-4-5-3-1/h4,7-9,11-14,29,31H,2-3,5-6,10H2,1H3,(H,33,34);4-12H,1-3H3;3-8H,1-2H3;1-2,11H;1-3,10H;2-3,8H,1H3;1-5H. The summed E-state index contributed by atoms with van der Waals surface area (Å²) >= 11 is 38.3. The molecule has 122 heavy (non-hydrogen) atoms. The summed E-state index contributed by atoms with van der Waals surface area (Å²) < 4.78 is 72.5. The Kier molecular flexibility index (Phi) is 35.0. The number of allylic oxidation sites excluding steroid dienone is 3. The minimum atomic E-state index is -4.13. The molecule has 0 saturated heterocycles. The second-order valence-electron chi connectivity index (χ2n) is 25.7. The number of carboxylic acids is 1. The topological polar surface area (TPSA) is 427 Å². The number of fused-ring (bicyclic) bond motifs is 1. The predicted molar refractivity (Wildman–Crippen MR) is 488 cm³/mol. The number of nitrogens with zero attached hydrogens (tertiary/aromatic N) is 6. The fourth-order valence-corrected chi connectivity index (χ4v) is 16.3. The highest BCUT2D eigenvalue weighted by Gasteiger charge is 2.34. The van der Waals surface area contributed by atoms with E-state index < -0.39 is 62.0 Å². The number of aromatic amines is 5. The monoisotopic (exact) mass is 2160 g/mol. The third-order valence-electron chi connectivity index (χ3n) is 17.3. The van der Waals surface area contributed by atoms with Crippen molar-refractivity contribution in [2.75, 3.05) is 28.4 Å². The molecule has 41 heteroatoms. The number of nitrogens with one attached hydrogen (secondary N) is 5. The van der Waals surface area contributed by atoms with Crippen molar-refractivity contribution in [2.24, 2.45) is 10.2 Å². The average Bonchev–Trinajstić information content (AvgIpc) is 1.61. The quantitative estimate of drug-likeness (QED) is 0.00650. The molecule has 14 rings (SSSR count). The highest BCUT2D eigenvalue weighted by Crippen LogP contribution is 2.41. The molecule has 0 spiro atoms. The number of aromatic nitrogens is 8. The van der Waals surface area contributed by atoms with Crippen LogP contribution in [0.4, 0.5) is 17.1 Å². The van der Waals surface area contributed by atoms with Crippen LogP contribution in [0.5, 0.6) is 11.5 Å². The molecule has 5 aromatic carbocycles. The largest absolute Gasteiger partial charge is 0.505 e. The number of azo groups is 1. The van der Waals surface area contributed by atoms with Crippen molar-refractivity contribution in [3.63, 3.8) is 0 Å². The number of aryl methyl sites for hydroxylation is 5. The van der Waals surface area contributed by atoms with Crippen LogP contribution in [0.1, 0.15) is 105 Å². The normalized spacial score (nSPS) is 12.2. The van der Waals surface area contributed by atoms with Gasteiger partial charge in [0.25, 0.3) is 33.2 Å². The van der Waals surface area contributed by atoms with Crippen LogP contribution >= 0.6 is 137 Å². The lowest BCUT2D eigenvalue weighted by Gasteiger charge is -2.16. The number of rotatable bonds is 17. The molecule has 12 aromatic rings. The van der Waals surface area contributed by atoms with Crippen molar-refractivity contribution in [1.29, 1.82) is 0 Å². The number of aliphatic carboxylic acids is 1. The summed E-state index contributed by atoms with van der Waals surface area (Å²) in [6, 6.07) is 41.1. The van der Waals surface area contributed by atoms with Gasteiger partial charge in [0, 0.05) is 82.4 Å². The van der Waals surface area contributed by atoms with Crippen molar-refractivity contribution in [3.8, 4) is 28.3 Å². The number of H-pyrrole nitrogens is 5. The van der Waals surface area contributed by atoms with Gasteiger partial charge in [0.15, 0.2) is 11.4 Å². The minimum Gasteiger partial charge on any atom is -0.505 e. The van der Waals surface area contributed by atoms with E-state index in [9.17, 15) is 70.7 Å². The molecular formula is C81H72Cl6I3N11O19S2. The van der Waals surface area contributed by atoms with Crippen molar-refractivity contribution < 1.29 is 79.7 Å². The van der Waals surface area contributed by atoms with E-state index in [0.29, 0.717) is 43.9 Å². The Balaban J connectivity index is 0.000000190. The molecule has 2 aliphatic rings. The molecule has 0 aliphatic heterocycles. The second kappa shape index (κ2) is 43.8. The molecule has 7 heterocycles. The number of hydrogen-bond donors (Lipinski definition) is 7. The number of carboxylic acid groups (broad SMARTS) is 1. The number of hydrogen-bond acceptors (Lipinski definition) is 20. The van der Waals surface area contributed by atoms with E-state index in [1.165, 1.54) is 117 Å². The fourth-order valence-electron chi connectivity index (χ4n) is 11.3. The third-order valence-corrected chi connectivity index (χ3v) is 23.6. The molecule has 2 aliphatic carbocycles. The lowest BCUT2D eigenvalue weighted by molar-refractivity contribution is -0.385. The van der Waals surface area contributed by atoms with Crippen LogP contribution in [0.25, 0.3) is 22.4 Å². The van der Waals surface area contributed by atoms with Crippen molar-refractivity contribution in [3.05, 3.63) is 306 Å². The fraction of sp³-hybridized carbons (Fsp3) is 0.173. The van der Waals surface area contributed by atoms with Gasteiger partial charge in [-0.1, -0.05) is 141 Å². The molecule has 7 aromatic heterocycles. The number of alkyl halides is 6. The van der Waals surface area contributed by atoms with E-state index in [-0.39, 0.29) is 78.0 Å². The summed E-state index contributed by atoms with van der Waals surface area (Å²) in [5.41, 5.74) is 8.17. The Morgan fingerprint density at radius 1 is 0.582 bits per heavy atom. The number of benzene rings is 5. The van der Waals surface area contributed by atoms with Gasteiger partial charge in [-0.3, -0.25) is 29.6 Å². The number of aromatic hydroxyl groups is 1. The smallest absolute Gasteiger partial charge is 0.355 e. The second-order valence-corrected chi connectivity index (χ2v) is 37.6. The number of phenols is 1. The number of phenolic OH excluding ortho intramolecular Hbond substituents is 1. The highest BCUT2D eigenvalue weighted by atomic mass is 127. The summed E-state index contributed by atoms with van der Waals surface area (Å²) in [5, 5.41) is 42.6. The first kappa shape index (κ1) is 97.4. The average molecular weight is 2160 g/mol. The summed E-state index contributed by atoms with van der Waals surface area (Å²) in [6.07, 6.45) is 19.3. The Bertz CT molecular complexity index is 6170. The number of nitro benzene ring substituents is 1. The van der Waals surface area contributed by atoms with Gasteiger partial charge in [0.05, 0.1) is 65.9 Å². The molecule has 0 unspecified atom stereocenters. The number of para-hydroxylation sites is 2. The van der Waals surface area contributed by atoms with E-state index in [4.69, 9.17) is 79.1 Å². The van der Waals surface area contributed by atoms with E-state index in [1.54, 1.807) is 98.3 Å². The van der Waals surface area contributed by atoms with Gasteiger partial charge in [-0.05, 0) is 234 Å². The summed E-state index contributed by atoms with van der Waals surface area (Å²) in [6.45, 7) is 5.44. The summed E-state index contributed by atoms with van der Waals surface area (Å²) in [5.74, 6) is -4.15. The lowest BCUT2D eigenvalue weighted by atomic mass is 9.91. The molecule has 0 bridgehead atoms. The molecule has 0 radical (unpaired) electrons. The Morgan fingerprint density at radius 2 is 1.11 bits per heavy atom. The number of ether oxygens (including phenoxy) is 4. The Labute approximate surface area is 768 Å². The first-order valence-electron chi connectivity index (χ1n) is 35.4. The first-order valence-corrected chi connectivity index (χ1v) is 43.8. The van der Waals surface area contributed by atoms with Gasteiger partial charge in [0.1, 0.15) is 22.8 Å². The molecule has 0 amide bonds. The zero-order chi connectivity index (χ0) is 89.7. The van der Waals surface area contributed by atoms with Crippen molar-refractivity contribution >= 4 is 216 Å². The van der Waals surface area contributed by atoms with E-state index in [0.717, 1.165) is 58.3 Å². The van der Waals surface area contributed by atoms with Gasteiger partial charge < -0.3 is 49.1 Å². The molecule has 640 valence electrons. The van der Waals surface area contributed by atoms with Gasteiger partial charge in [0.2, 0.25) is 17.3 Å². The number of halogens is 9. The van der Waals surface area contributed by atoms with Crippen molar-refractivity contribution in [1.82, 2.24) is 37.7 Å². The minimum absolute atomic E-state index is 0.0162. The summed E-state index contributed by atoms with van der Waals surface area (Å²) in [4.78, 5) is 103. The van der Waals surface area contributed by atoms with Crippen LogP contribution in [0, 0.1) is 41.6 Å². The molecule has 0 saturated carbocycles. The van der Waals surface area contributed by atoms with E-state index >= 15 is 0 Å². The number of ketones is 2. The van der Waals surface area contributed by atoms with Gasteiger partial charge in [-0.15, -0.1) is 10.2 Å². The number of carbonyl (C=O) groups excluding carboxylic acids is 5. The molecule has 7 N–H and O–H groups in total. The Morgan fingerprint density at radius 3 is 1.61 bits per heavy atom. The maximum Gasteiger partial charge on any atom is 0.355 e. The number of carbonyl (C=O) groups is 6. The van der Waals surface area contributed by atoms with E-state index in [1.807, 2.05) is 89.6 Å². The highest BCUT2D eigenvalue weighted by molar-refractivity contribution is 14.1. The molecule has 30 nitrogen and oxygen atoms in total. The lowest BCUT2D eigenvalue weighted by Crippen LogP contribution is -2.19. The van der Waals surface area contributed by atoms with Crippen LogP contribution in [-0.4, -0.2) is 141 Å². The zero-order valence-corrected chi connectivity index (χ0v) is 77.5. The molecule has 0 atom stereocenters. The van der Waals surface area contributed by atoms with Crippen LogP contribution in [0.2, 0.25) is 0 Å². The molecule has 0 fully saturated rings. The maximum absolute atomic E-state index is 13.2. The third kappa shape index (κ3) is 25.5. The predicted octanol–water partition coefficient (Wildman–Crippen LogP) is 19.3. The van der Waals surface area contributed by atoms with Gasteiger partial charge >= 0.3 is 29.6 Å². The van der Waals surface area contributed by atoms with Crippen LogP contribution in [0.3, 0.4) is 0 Å². The van der Waals surface area contributed by atoms with Crippen molar-refractivity contribution in [2.45, 2.75) is 70.3 Å². The first-order chi connectivity index (χ1) is 57.6. The van der Waals surface area contributed by atoms with Gasteiger partial charge in [-0.2, -0.15) is 0 Å². The number of esters is 3. The summed E-state index contributed by atoms with van der Waals surface area (Å²) in [7, 11) is -2.97. The zero-order valence-electron chi connectivity index (χ0n) is 64.9. The van der Waals surface area contributed by atoms with Gasteiger partial charge in [-0.25, -0.2) is 48.6 Å². The van der Waals surface area contributed by atoms with Crippen LogP contribution in [-0.2, 0) is 51.9 Å². The number of nitro groups is 1. The van der Waals surface area contributed by atoms with Crippen LogP contribution < -0.4 is 10.3 Å².